The highest BCUT2D eigenvalue weighted by molar-refractivity contribution is 9.10. The van der Waals surface area contributed by atoms with Crippen LogP contribution in [0.3, 0.4) is 0 Å². The van der Waals surface area contributed by atoms with Crippen LogP contribution in [0.25, 0.3) is 0 Å². The molecule has 2 aromatic carbocycles. The van der Waals surface area contributed by atoms with Crippen molar-refractivity contribution >= 4 is 21.6 Å². The first-order chi connectivity index (χ1) is 9.08. The number of hydrogen-bond donors (Lipinski definition) is 1. The number of anilines is 1. The molecule has 0 aliphatic carbocycles. The fourth-order valence-electron chi connectivity index (χ4n) is 1.60. The Bertz CT molecular complexity index is 569. The number of nitrogens with two attached hydrogens (primary N) is 1. The molecule has 19 heavy (non-hydrogen) atoms. The smallest absolute Gasteiger partial charge is 0.133 e. The van der Waals surface area contributed by atoms with E-state index in [-0.39, 0.29) is 12.4 Å². The van der Waals surface area contributed by atoms with Crippen LogP contribution < -0.4 is 15.2 Å². The Hall–Kier alpha value is -1.75. The number of benzene rings is 2. The van der Waals surface area contributed by atoms with E-state index in [1.54, 1.807) is 30.3 Å². The predicted octanol–water partition coefficient (Wildman–Crippen LogP) is 3.76. The van der Waals surface area contributed by atoms with Gasteiger partial charge in [0.1, 0.15) is 23.9 Å². The first-order valence-electron chi connectivity index (χ1n) is 5.60. The molecule has 2 aromatic rings. The Morgan fingerprint density at radius 3 is 2.58 bits per heavy atom. The quantitative estimate of drug-likeness (QED) is 0.870. The van der Waals surface area contributed by atoms with E-state index in [1.807, 2.05) is 0 Å². The molecule has 0 bridgehead atoms. The summed E-state index contributed by atoms with van der Waals surface area (Å²) in [4.78, 5) is 0. The Morgan fingerprint density at radius 1 is 1.16 bits per heavy atom. The van der Waals surface area contributed by atoms with E-state index in [0.717, 1.165) is 4.47 Å². The van der Waals surface area contributed by atoms with Crippen molar-refractivity contribution in [2.45, 2.75) is 6.61 Å². The highest BCUT2D eigenvalue weighted by Crippen LogP contribution is 2.24. The molecule has 0 aliphatic rings. The van der Waals surface area contributed by atoms with Crippen molar-refractivity contribution in [3.8, 4) is 11.5 Å². The van der Waals surface area contributed by atoms with Crippen LogP contribution in [0.2, 0.25) is 0 Å². The Labute approximate surface area is 119 Å². The first-order valence-corrected chi connectivity index (χ1v) is 6.39. The molecule has 2 rings (SSSR count). The lowest BCUT2D eigenvalue weighted by Gasteiger charge is -2.09. The third-order valence-electron chi connectivity index (χ3n) is 2.55. The standard InChI is InChI=1S/C14H13BrFNO2/c1-18-12-3-2-9(14(16)7-12)8-19-13-5-10(15)4-11(17)6-13/h2-7H,8,17H2,1H3. The largest absolute Gasteiger partial charge is 0.497 e. The second kappa shape index (κ2) is 5.93. The maximum atomic E-state index is 13.7. The van der Waals surface area contributed by atoms with E-state index in [0.29, 0.717) is 22.7 Å². The monoisotopic (exact) mass is 325 g/mol. The summed E-state index contributed by atoms with van der Waals surface area (Å²) in [7, 11) is 1.50. The summed E-state index contributed by atoms with van der Waals surface area (Å²) in [5.74, 6) is 0.706. The summed E-state index contributed by atoms with van der Waals surface area (Å²) >= 11 is 3.32. The molecule has 0 fully saturated rings. The lowest BCUT2D eigenvalue weighted by Crippen LogP contribution is -1.99. The Balaban J connectivity index is 2.10. The van der Waals surface area contributed by atoms with Gasteiger partial charge in [0.2, 0.25) is 0 Å². The molecule has 0 unspecified atom stereocenters. The third-order valence-corrected chi connectivity index (χ3v) is 3.01. The summed E-state index contributed by atoms with van der Waals surface area (Å²) in [6.07, 6.45) is 0. The summed E-state index contributed by atoms with van der Waals surface area (Å²) in [6.45, 7) is 0.131. The van der Waals surface area contributed by atoms with Crippen molar-refractivity contribution in [3.63, 3.8) is 0 Å². The fourth-order valence-corrected chi connectivity index (χ4v) is 2.09. The molecule has 0 aliphatic heterocycles. The highest BCUT2D eigenvalue weighted by Gasteiger charge is 2.05. The minimum absolute atomic E-state index is 0.131. The van der Waals surface area contributed by atoms with E-state index < -0.39 is 0 Å². The molecule has 0 saturated carbocycles. The van der Waals surface area contributed by atoms with Crippen LogP contribution in [0.5, 0.6) is 11.5 Å². The van der Waals surface area contributed by atoms with Crippen molar-refractivity contribution in [3.05, 3.63) is 52.3 Å². The van der Waals surface area contributed by atoms with Crippen LogP contribution in [-0.4, -0.2) is 7.11 Å². The van der Waals surface area contributed by atoms with Gasteiger partial charge in [-0.25, -0.2) is 4.39 Å². The molecule has 100 valence electrons. The number of ether oxygens (including phenoxy) is 2. The third kappa shape index (κ3) is 3.61. The zero-order valence-corrected chi connectivity index (χ0v) is 11.9. The lowest BCUT2D eigenvalue weighted by atomic mass is 10.2. The molecule has 0 amide bonds. The van der Waals surface area contributed by atoms with Gasteiger partial charge in [0, 0.05) is 27.9 Å². The molecule has 0 radical (unpaired) electrons. The molecule has 2 N–H and O–H groups in total. The molecule has 0 saturated heterocycles. The summed E-state index contributed by atoms with van der Waals surface area (Å²) in [5.41, 5.74) is 6.74. The van der Waals surface area contributed by atoms with Crippen LogP contribution in [0.1, 0.15) is 5.56 Å². The van der Waals surface area contributed by atoms with Gasteiger partial charge in [0.05, 0.1) is 7.11 Å². The minimum Gasteiger partial charge on any atom is -0.497 e. The lowest BCUT2D eigenvalue weighted by molar-refractivity contribution is 0.299. The molecule has 0 spiro atoms. The van der Waals surface area contributed by atoms with Gasteiger partial charge in [0.25, 0.3) is 0 Å². The molecule has 5 heteroatoms. The average molecular weight is 326 g/mol. The van der Waals surface area contributed by atoms with Gasteiger partial charge in [-0.1, -0.05) is 15.9 Å². The molecule has 0 heterocycles. The van der Waals surface area contributed by atoms with Crippen molar-refractivity contribution in [2.75, 3.05) is 12.8 Å². The van der Waals surface area contributed by atoms with Crippen molar-refractivity contribution in [1.82, 2.24) is 0 Å². The van der Waals surface area contributed by atoms with Gasteiger partial charge < -0.3 is 15.2 Å². The SMILES string of the molecule is COc1ccc(COc2cc(N)cc(Br)c2)c(F)c1. The van der Waals surface area contributed by atoms with Crippen LogP contribution in [0, 0.1) is 5.82 Å². The number of hydrogen-bond acceptors (Lipinski definition) is 3. The normalized spacial score (nSPS) is 10.3. The second-order valence-electron chi connectivity index (χ2n) is 3.97. The maximum Gasteiger partial charge on any atom is 0.133 e. The zero-order chi connectivity index (χ0) is 13.8. The van der Waals surface area contributed by atoms with Crippen LogP contribution in [0.4, 0.5) is 10.1 Å². The summed E-state index contributed by atoms with van der Waals surface area (Å²) < 4.78 is 25.0. The van der Waals surface area contributed by atoms with Gasteiger partial charge in [-0.15, -0.1) is 0 Å². The average Bonchev–Trinajstić information content (AvgIpc) is 2.36. The molecule has 0 aromatic heterocycles. The van der Waals surface area contributed by atoms with Gasteiger partial charge >= 0.3 is 0 Å². The minimum atomic E-state index is -0.359. The Kier molecular flexibility index (Phi) is 4.27. The molecular weight excluding hydrogens is 313 g/mol. The van der Waals surface area contributed by atoms with E-state index in [1.165, 1.54) is 13.2 Å². The van der Waals surface area contributed by atoms with E-state index in [4.69, 9.17) is 15.2 Å². The zero-order valence-electron chi connectivity index (χ0n) is 10.3. The molecule has 0 atom stereocenters. The van der Waals surface area contributed by atoms with Gasteiger partial charge in [0.15, 0.2) is 0 Å². The van der Waals surface area contributed by atoms with Crippen molar-refractivity contribution in [2.24, 2.45) is 0 Å². The summed E-state index contributed by atoms with van der Waals surface area (Å²) in [5, 5.41) is 0. The van der Waals surface area contributed by atoms with E-state index >= 15 is 0 Å². The predicted molar refractivity (Wildman–Crippen MR) is 75.8 cm³/mol. The van der Waals surface area contributed by atoms with Crippen molar-refractivity contribution < 1.29 is 13.9 Å². The Morgan fingerprint density at radius 2 is 1.95 bits per heavy atom. The topological polar surface area (TPSA) is 44.5 Å². The van der Waals surface area contributed by atoms with E-state index in [9.17, 15) is 4.39 Å². The highest BCUT2D eigenvalue weighted by atomic mass is 79.9. The second-order valence-corrected chi connectivity index (χ2v) is 4.88. The number of halogens is 2. The first kappa shape index (κ1) is 13.7. The van der Waals surface area contributed by atoms with E-state index in [2.05, 4.69) is 15.9 Å². The number of methoxy groups -OCH3 is 1. The van der Waals surface area contributed by atoms with Crippen LogP contribution >= 0.6 is 15.9 Å². The molecular formula is C14H13BrFNO2. The number of rotatable bonds is 4. The fraction of sp³-hybridized carbons (Fsp3) is 0.143. The number of nitrogen functional groups attached to an aromatic ring is 1. The van der Waals surface area contributed by atoms with Crippen LogP contribution in [0.15, 0.2) is 40.9 Å². The molecule has 3 nitrogen and oxygen atoms in total. The van der Waals surface area contributed by atoms with Crippen LogP contribution in [-0.2, 0) is 6.61 Å². The van der Waals surface area contributed by atoms with Crippen molar-refractivity contribution in [1.29, 1.82) is 0 Å². The maximum absolute atomic E-state index is 13.7. The van der Waals surface area contributed by atoms with Gasteiger partial charge in [-0.3, -0.25) is 0 Å². The van der Waals surface area contributed by atoms with Gasteiger partial charge in [-0.05, 0) is 24.3 Å². The summed E-state index contributed by atoms with van der Waals surface area (Å²) in [6, 6.07) is 9.88. The van der Waals surface area contributed by atoms with Gasteiger partial charge in [-0.2, -0.15) is 0 Å².